The molecule has 1 aromatic rings. The van der Waals surface area contributed by atoms with Gasteiger partial charge in [0.15, 0.2) is 0 Å². The van der Waals surface area contributed by atoms with Crippen LogP contribution in [0.15, 0.2) is 29.2 Å². The van der Waals surface area contributed by atoms with Gasteiger partial charge in [-0.3, -0.25) is 9.59 Å². The van der Waals surface area contributed by atoms with Crippen molar-refractivity contribution >= 4 is 21.9 Å². The number of benzene rings is 1. The minimum atomic E-state index is -3.78. The summed E-state index contributed by atoms with van der Waals surface area (Å²) in [4.78, 5) is 22.1. The number of sulfonamides is 1. The molecule has 0 spiro atoms. The zero-order chi connectivity index (χ0) is 15.8. The molecule has 2 atom stereocenters. The van der Waals surface area contributed by atoms with E-state index in [9.17, 15) is 18.0 Å². The highest BCUT2D eigenvalue weighted by Crippen LogP contribution is 2.30. The molecule has 0 saturated carbocycles. The molecule has 1 aliphatic rings. The Hall–Kier alpha value is -1.93. The Morgan fingerprint density at radius 1 is 1.29 bits per heavy atom. The number of amides is 1. The zero-order valence-corrected chi connectivity index (χ0v) is 12.2. The molecule has 1 fully saturated rings. The van der Waals surface area contributed by atoms with Crippen LogP contribution in [0.5, 0.6) is 0 Å². The highest BCUT2D eigenvalue weighted by atomic mass is 32.2. The molecule has 1 amide bonds. The molecule has 0 aliphatic carbocycles. The first-order valence-electron chi connectivity index (χ1n) is 6.39. The van der Waals surface area contributed by atoms with E-state index in [2.05, 4.69) is 0 Å². The summed E-state index contributed by atoms with van der Waals surface area (Å²) in [7, 11) is -3.78. The van der Waals surface area contributed by atoms with Crippen molar-refractivity contribution in [3.8, 4) is 0 Å². The lowest BCUT2D eigenvalue weighted by atomic mass is 10.0. The van der Waals surface area contributed by atoms with Gasteiger partial charge in [-0.05, 0) is 37.6 Å². The van der Waals surface area contributed by atoms with Crippen LogP contribution in [0.25, 0.3) is 0 Å². The van der Waals surface area contributed by atoms with Crippen LogP contribution in [0.1, 0.15) is 23.7 Å². The van der Waals surface area contributed by atoms with Gasteiger partial charge in [0.2, 0.25) is 15.9 Å². The smallest absolute Gasteiger partial charge is 0.308 e. The van der Waals surface area contributed by atoms with Crippen molar-refractivity contribution in [2.75, 3.05) is 6.54 Å². The van der Waals surface area contributed by atoms with Gasteiger partial charge in [0.25, 0.3) is 0 Å². The number of rotatable bonds is 4. The summed E-state index contributed by atoms with van der Waals surface area (Å²) >= 11 is 0. The third kappa shape index (κ3) is 2.77. The van der Waals surface area contributed by atoms with Crippen molar-refractivity contribution < 1.29 is 23.1 Å². The molecule has 3 N–H and O–H groups in total. The number of carbonyl (C=O) groups is 2. The molecule has 1 saturated heterocycles. The molecule has 1 heterocycles. The van der Waals surface area contributed by atoms with Crippen LogP contribution in [0, 0.1) is 5.92 Å². The molecule has 0 bridgehead atoms. The van der Waals surface area contributed by atoms with Crippen LogP contribution in [-0.4, -0.2) is 42.3 Å². The van der Waals surface area contributed by atoms with E-state index in [4.69, 9.17) is 10.8 Å². The van der Waals surface area contributed by atoms with Crippen LogP contribution < -0.4 is 5.73 Å². The Morgan fingerprint density at radius 3 is 2.29 bits per heavy atom. The SMILES string of the molecule is CC1C(C(=O)O)CCN1S(=O)(=O)c1ccc(C(N)=O)cc1. The second-order valence-electron chi connectivity index (χ2n) is 4.98. The minimum Gasteiger partial charge on any atom is -0.481 e. The average molecular weight is 312 g/mol. The second-order valence-corrected chi connectivity index (χ2v) is 6.87. The van der Waals surface area contributed by atoms with Crippen LogP contribution in [0.2, 0.25) is 0 Å². The summed E-state index contributed by atoms with van der Waals surface area (Å²) in [6.07, 6.45) is 0.287. The van der Waals surface area contributed by atoms with Gasteiger partial charge in [-0.1, -0.05) is 0 Å². The molecule has 7 nitrogen and oxygen atoms in total. The van der Waals surface area contributed by atoms with Gasteiger partial charge in [0.1, 0.15) is 0 Å². The maximum atomic E-state index is 12.5. The van der Waals surface area contributed by atoms with Gasteiger partial charge >= 0.3 is 5.97 Å². The van der Waals surface area contributed by atoms with E-state index in [1.165, 1.54) is 28.6 Å². The normalized spacial score (nSPS) is 23.1. The topological polar surface area (TPSA) is 118 Å². The zero-order valence-electron chi connectivity index (χ0n) is 11.4. The van der Waals surface area contributed by atoms with Crippen LogP contribution in [0.4, 0.5) is 0 Å². The monoisotopic (exact) mass is 312 g/mol. The van der Waals surface area contributed by atoms with E-state index in [1.54, 1.807) is 6.92 Å². The first-order valence-corrected chi connectivity index (χ1v) is 7.83. The lowest BCUT2D eigenvalue weighted by Crippen LogP contribution is -2.37. The van der Waals surface area contributed by atoms with Gasteiger partial charge in [0, 0.05) is 18.2 Å². The van der Waals surface area contributed by atoms with Crippen molar-refractivity contribution in [2.24, 2.45) is 11.7 Å². The second kappa shape index (κ2) is 5.45. The van der Waals surface area contributed by atoms with Crippen molar-refractivity contribution in [1.29, 1.82) is 0 Å². The van der Waals surface area contributed by atoms with E-state index < -0.39 is 33.9 Å². The number of nitrogens with two attached hydrogens (primary N) is 1. The molecule has 2 unspecified atom stereocenters. The lowest BCUT2D eigenvalue weighted by Gasteiger charge is -2.22. The molecule has 0 aromatic heterocycles. The van der Waals surface area contributed by atoms with E-state index >= 15 is 0 Å². The maximum Gasteiger partial charge on any atom is 0.308 e. The number of carbonyl (C=O) groups excluding carboxylic acids is 1. The third-order valence-corrected chi connectivity index (χ3v) is 5.76. The molecule has 1 aromatic carbocycles. The van der Waals surface area contributed by atoms with Crippen molar-refractivity contribution in [3.05, 3.63) is 29.8 Å². The van der Waals surface area contributed by atoms with E-state index in [1.807, 2.05) is 0 Å². The molecular weight excluding hydrogens is 296 g/mol. The Kier molecular flexibility index (Phi) is 4.02. The third-order valence-electron chi connectivity index (χ3n) is 3.76. The Labute approximate surface area is 122 Å². The van der Waals surface area contributed by atoms with Crippen LogP contribution in [0.3, 0.4) is 0 Å². The summed E-state index contributed by atoms with van der Waals surface area (Å²) in [5, 5.41) is 9.06. The Bertz CT molecular complexity index is 668. The minimum absolute atomic E-state index is 0.0189. The molecule has 0 radical (unpaired) electrons. The van der Waals surface area contributed by atoms with E-state index in [0.717, 1.165) is 0 Å². The first-order chi connectivity index (χ1) is 9.75. The summed E-state index contributed by atoms with van der Waals surface area (Å²) in [5.41, 5.74) is 5.32. The van der Waals surface area contributed by atoms with E-state index in [0.29, 0.717) is 0 Å². The standard InChI is InChI=1S/C13H16N2O5S/c1-8-11(13(17)18)6-7-15(8)21(19,20)10-4-2-9(3-5-10)12(14)16/h2-5,8,11H,6-7H2,1H3,(H2,14,16)(H,17,18). The Morgan fingerprint density at radius 2 is 1.86 bits per heavy atom. The summed E-state index contributed by atoms with van der Waals surface area (Å²) in [5.74, 6) is -2.34. The molecule has 21 heavy (non-hydrogen) atoms. The van der Waals surface area contributed by atoms with Gasteiger partial charge in [-0.25, -0.2) is 8.42 Å². The maximum absolute atomic E-state index is 12.5. The summed E-state index contributed by atoms with van der Waals surface area (Å²) in [6.45, 7) is 1.75. The number of nitrogens with zero attached hydrogens (tertiary/aromatic N) is 1. The average Bonchev–Trinajstić information content (AvgIpc) is 2.81. The number of carboxylic acids is 1. The number of aliphatic carboxylic acids is 1. The summed E-state index contributed by atoms with van der Waals surface area (Å²) in [6, 6.07) is 4.67. The lowest BCUT2D eigenvalue weighted by molar-refractivity contribution is -0.142. The number of carboxylic acid groups (broad SMARTS) is 1. The van der Waals surface area contributed by atoms with Crippen molar-refractivity contribution in [3.63, 3.8) is 0 Å². The number of hydrogen-bond acceptors (Lipinski definition) is 4. The van der Waals surface area contributed by atoms with Crippen molar-refractivity contribution in [2.45, 2.75) is 24.3 Å². The van der Waals surface area contributed by atoms with Crippen LogP contribution >= 0.6 is 0 Å². The molecule has 114 valence electrons. The van der Waals surface area contributed by atoms with Gasteiger partial charge in [-0.15, -0.1) is 0 Å². The van der Waals surface area contributed by atoms with Gasteiger partial charge in [0.05, 0.1) is 10.8 Å². The largest absolute Gasteiger partial charge is 0.481 e. The molecule has 1 aliphatic heterocycles. The number of hydrogen-bond donors (Lipinski definition) is 2. The van der Waals surface area contributed by atoms with E-state index in [-0.39, 0.29) is 23.4 Å². The molecular formula is C13H16N2O5S. The highest BCUT2D eigenvalue weighted by molar-refractivity contribution is 7.89. The fourth-order valence-electron chi connectivity index (χ4n) is 2.51. The highest BCUT2D eigenvalue weighted by Gasteiger charge is 2.42. The first kappa shape index (κ1) is 15.5. The number of primary amides is 1. The fraction of sp³-hybridized carbons (Fsp3) is 0.385. The summed E-state index contributed by atoms with van der Waals surface area (Å²) < 4.78 is 26.2. The Balaban J connectivity index is 2.30. The predicted octanol–water partition coefficient (Wildman–Crippen LogP) is 0.269. The molecule has 8 heteroatoms. The predicted molar refractivity (Wildman–Crippen MR) is 74.1 cm³/mol. The fourth-order valence-corrected chi connectivity index (χ4v) is 4.19. The van der Waals surface area contributed by atoms with Crippen molar-refractivity contribution in [1.82, 2.24) is 4.31 Å². The quantitative estimate of drug-likeness (QED) is 0.827. The van der Waals surface area contributed by atoms with Gasteiger partial charge < -0.3 is 10.8 Å². The van der Waals surface area contributed by atoms with Crippen LogP contribution in [-0.2, 0) is 14.8 Å². The molecule has 2 rings (SSSR count). The van der Waals surface area contributed by atoms with Gasteiger partial charge in [-0.2, -0.15) is 4.31 Å².